The maximum atomic E-state index is 6.13. The topological polar surface area (TPSA) is 104 Å². The van der Waals surface area contributed by atoms with Crippen LogP contribution in [0.2, 0.25) is 0 Å². The first-order valence-corrected chi connectivity index (χ1v) is 13.5. The summed E-state index contributed by atoms with van der Waals surface area (Å²) in [6.07, 6.45) is 3.80. The number of benzene rings is 4. The minimum Gasteiger partial charge on any atom is -0.399 e. The highest BCUT2D eigenvalue weighted by Crippen LogP contribution is 2.25. The average molecular weight is 509 g/mol. The monoisotopic (exact) mass is 508 g/mol. The van der Waals surface area contributed by atoms with Gasteiger partial charge in [0.15, 0.2) is 0 Å². The lowest BCUT2D eigenvalue weighted by Gasteiger charge is -2.13. The van der Waals surface area contributed by atoms with Crippen LogP contribution in [0.3, 0.4) is 0 Å². The zero-order chi connectivity index (χ0) is 28.0. The van der Waals surface area contributed by atoms with Crippen molar-refractivity contribution in [2.24, 2.45) is 0 Å². The van der Waals surface area contributed by atoms with Crippen molar-refractivity contribution in [3.63, 3.8) is 0 Å². The average Bonchev–Trinajstić information content (AvgIpc) is 2.88. The molecule has 0 saturated carbocycles. The molecule has 0 spiro atoms. The molecule has 200 valence electrons. The third-order valence-electron chi connectivity index (χ3n) is 7.31. The Bertz CT molecular complexity index is 1310. The molecule has 0 aliphatic heterocycles. The number of hydrogen-bond acceptors (Lipinski definition) is 4. The molecule has 4 nitrogen and oxygen atoms in total. The summed E-state index contributed by atoms with van der Waals surface area (Å²) in [5, 5.41) is 0. The van der Waals surface area contributed by atoms with Gasteiger partial charge in [-0.1, -0.05) is 62.4 Å². The molecule has 0 aromatic heterocycles. The van der Waals surface area contributed by atoms with Gasteiger partial charge in [-0.15, -0.1) is 0 Å². The number of anilines is 4. The van der Waals surface area contributed by atoms with Gasteiger partial charge in [0.2, 0.25) is 0 Å². The van der Waals surface area contributed by atoms with E-state index in [2.05, 4.69) is 76.2 Å². The molecule has 0 bridgehead atoms. The second-order valence-electron chi connectivity index (χ2n) is 10.4. The van der Waals surface area contributed by atoms with Crippen LogP contribution >= 0.6 is 0 Å². The predicted octanol–water partition coefficient (Wildman–Crippen LogP) is 7.24. The highest BCUT2D eigenvalue weighted by atomic mass is 14.6. The summed E-state index contributed by atoms with van der Waals surface area (Å²) in [7, 11) is 0. The molecule has 0 unspecified atom stereocenters. The highest BCUT2D eigenvalue weighted by Gasteiger charge is 2.08. The quantitative estimate of drug-likeness (QED) is 0.206. The molecule has 4 heteroatoms. The van der Waals surface area contributed by atoms with Crippen molar-refractivity contribution < 1.29 is 0 Å². The van der Waals surface area contributed by atoms with Crippen LogP contribution < -0.4 is 22.9 Å². The van der Waals surface area contributed by atoms with Gasteiger partial charge in [0.1, 0.15) is 0 Å². The number of rotatable bonds is 6. The fourth-order valence-corrected chi connectivity index (χ4v) is 4.86. The van der Waals surface area contributed by atoms with Gasteiger partial charge in [-0.2, -0.15) is 0 Å². The van der Waals surface area contributed by atoms with Crippen molar-refractivity contribution in [2.75, 3.05) is 22.9 Å². The number of nitrogen functional groups attached to an aromatic ring is 4. The van der Waals surface area contributed by atoms with E-state index < -0.39 is 0 Å². The number of hydrogen-bond donors (Lipinski definition) is 4. The van der Waals surface area contributed by atoms with Gasteiger partial charge in [-0.25, -0.2) is 0 Å². The van der Waals surface area contributed by atoms with Crippen molar-refractivity contribution >= 4 is 22.7 Å². The SMILES string of the molecule is CCc1cc(Cc2cc(C)c(N)c(CC)c2)cc(C)c1N.Cc1cc(Cc2ccc(N)c(C)c2)ccc1N. The molecule has 4 rings (SSSR count). The van der Waals surface area contributed by atoms with Gasteiger partial charge >= 0.3 is 0 Å². The van der Waals surface area contributed by atoms with E-state index in [4.69, 9.17) is 22.9 Å². The fraction of sp³-hybridized carbons (Fsp3) is 0.294. The van der Waals surface area contributed by atoms with E-state index in [1.165, 1.54) is 44.5 Å². The summed E-state index contributed by atoms with van der Waals surface area (Å²) >= 11 is 0. The van der Waals surface area contributed by atoms with E-state index in [0.29, 0.717) is 0 Å². The Kier molecular flexibility index (Phi) is 9.46. The maximum Gasteiger partial charge on any atom is 0.0376 e. The predicted molar refractivity (Wildman–Crippen MR) is 167 cm³/mol. The first kappa shape index (κ1) is 28.6. The van der Waals surface area contributed by atoms with E-state index in [-0.39, 0.29) is 0 Å². The van der Waals surface area contributed by atoms with Crippen molar-refractivity contribution in [3.8, 4) is 0 Å². The Labute approximate surface area is 229 Å². The van der Waals surface area contributed by atoms with Gasteiger partial charge in [-0.3, -0.25) is 0 Å². The third-order valence-corrected chi connectivity index (χ3v) is 7.31. The smallest absolute Gasteiger partial charge is 0.0376 e. The summed E-state index contributed by atoms with van der Waals surface area (Å²) in [6.45, 7) is 12.5. The standard InChI is InChI=1S/C19H26N2.C15H18N2/c1-5-16-10-14(7-12(3)18(16)20)9-15-8-13(4)19(21)17(6-2)11-15;1-10-7-12(3-5-14(10)16)9-13-4-6-15(17)11(2)8-13/h7-8,10-11H,5-6,9,20-21H2,1-4H3;3-8H,9,16-17H2,1-2H3. The second kappa shape index (κ2) is 12.6. The fourth-order valence-electron chi connectivity index (χ4n) is 4.86. The van der Waals surface area contributed by atoms with Crippen LogP contribution in [-0.4, -0.2) is 0 Å². The lowest BCUT2D eigenvalue weighted by atomic mass is 9.94. The second-order valence-corrected chi connectivity index (χ2v) is 10.4. The van der Waals surface area contributed by atoms with Crippen molar-refractivity contribution in [1.29, 1.82) is 0 Å². The van der Waals surface area contributed by atoms with Crippen LogP contribution in [0.15, 0.2) is 60.7 Å². The van der Waals surface area contributed by atoms with Crippen LogP contribution in [0.4, 0.5) is 22.7 Å². The Hall–Kier alpha value is -3.92. The summed E-state index contributed by atoms with van der Waals surface area (Å²) in [6, 6.07) is 21.2. The zero-order valence-corrected chi connectivity index (χ0v) is 23.9. The van der Waals surface area contributed by atoms with Crippen LogP contribution in [0.5, 0.6) is 0 Å². The minimum absolute atomic E-state index is 0.849. The molecule has 4 aromatic carbocycles. The summed E-state index contributed by atoms with van der Waals surface area (Å²) < 4.78 is 0. The Balaban J connectivity index is 0.000000215. The lowest BCUT2D eigenvalue weighted by Crippen LogP contribution is -2.02. The molecule has 38 heavy (non-hydrogen) atoms. The third kappa shape index (κ3) is 7.10. The van der Waals surface area contributed by atoms with Gasteiger partial charge in [0.05, 0.1) is 0 Å². The molecule has 0 heterocycles. The van der Waals surface area contributed by atoms with E-state index >= 15 is 0 Å². The molecule has 0 aliphatic carbocycles. The van der Waals surface area contributed by atoms with Crippen LogP contribution in [0.1, 0.15) is 69.5 Å². The molecule has 8 N–H and O–H groups in total. The highest BCUT2D eigenvalue weighted by molar-refractivity contribution is 5.58. The normalized spacial score (nSPS) is 10.7. The maximum absolute atomic E-state index is 6.13. The van der Waals surface area contributed by atoms with Crippen molar-refractivity contribution in [1.82, 2.24) is 0 Å². The molecule has 0 atom stereocenters. The lowest BCUT2D eigenvalue weighted by molar-refractivity contribution is 1.08. The van der Waals surface area contributed by atoms with Gasteiger partial charge in [0, 0.05) is 22.7 Å². The molecular formula is C34H44N4. The number of nitrogens with two attached hydrogens (primary N) is 4. The molecular weight excluding hydrogens is 464 g/mol. The van der Waals surface area contributed by atoms with Crippen LogP contribution in [0, 0.1) is 27.7 Å². The molecule has 0 amide bonds. The molecule has 0 aliphatic rings. The zero-order valence-electron chi connectivity index (χ0n) is 23.9. The van der Waals surface area contributed by atoms with Crippen LogP contribution in [-0.2, 0) is 25.7 Å². The Morgan fingerprint density at radius 2 is 0.789 bits per heavy atom. The van der Waals surface area contributed by atoms with E-state index in [1.807, 2.05) is 26.0 Å². The Morgan fingerprint density at radius 1 is 0.447 bits per heavy atom. The van der Waals surface area contributed by atoms with E-state index in [9.17, 15) is 0 Å². The Morgan fingerprint density at radius 3 is 1.13 bits per heavy atom. The van der Waals surface area contributed by atoms with E-state index in [0.717, 1.165) is 59.6 Å². The van der Waals surface area contributed by atoms with Crippen molar-refractivity contribution in [3.05, 3.63) is 116 Å². The van der Waals surface area contributed by atoms with E-state index in [1.54, 1.807) is 0 Å². The molecule has 4 aromatic rings. The molecule has 0 saturated heterocycles. The van der Waals surface area contributed by atoms with Gasteiger partial charge < -0.3 is 22.9 Å². The van der Waals surface area contributed by atoms with Crippen molar-refractivity contribution in [2.45, 2.75) is 67.2 Å². The van der Waals surface area contributed by atoms with Crippen LogP contribution in [0.25, 0.3) is 0 Å². The first-order chi connectivity index (χ1) is 18.0. The van der Waals surface area contributed by atoms with Gasteiger partial charge in [-0.05, 0) is 121 Å². The summed E-state index contributed by atoms with van der Waals surface area (Å²) in [5.74, 6) is 0. The first-order valence-electron chi connectivity index (χ1n) is 13.5. The minimum atomic E-state index is 0.849. The molecule has 0 fully saturated rings. The largest absolute Gasteiger partial charge is 0.399 e. The summed E-state index contributed by atoms with van der Waals surface area (Å²) in [5.41, 5.74) is 39.7. The summed E-state index contributed by atoms with van der Waals surface area (Å²) in [4.78, 5) is 0. The van der Waals surface area contributed by atoms with Gasteiger partial charge in [0.25, 0.3) is 0 Å². The molecule has 0 radical (unpaired) electrons. The number of aryl methyl sites for hydroxylation is 6.